The van der Waals surface area contributed by atoms with Gasteiger partial charge in [0.05, 0.1) is 0 Å². The first-order valence-corrected chi connectivity index (χ1v) is 7.02. The van der Waals surface area contributed by atoms with Crippen molar-refractivity contribution in [1.82, 2.24) is 0 Å². The van der Waals surface area contributed by atoms with Crippen LogP contribution in [0.4, 0.5) is 0 Å². The van der Waals surface area contributed by atoms with Gasteiger partial charge in [-0.2, -0.15) is 0 Å². The van der Waals surface area contributed by atoms with Crippen LogP contribution in [-0.4, -0.2) is 6.10 Å². The molecule has 1 heteroatoms. The average Bonchev–Trinajstić information content (AvgIpc) is 2.76. The van der Waals surface area contributed by atoms with Gasteiger partial charge >= 0.3 is 0 Å². The molecule has 0 amide bonds. The van der Waals surface area contributed by atoms with Gasteiger partial charge in [0.2, 0.25) is 0 Å². The highest BCUT2D eigenvalue weighted by atomic mass is 16.5. The number of aryl methyl sites for hydroxylation is 1. The lowest BCUT2D eigenvalue weighted by Crippen LogP contribution is -2.05. The van der Waals surface area contributed by atoms with Gasteiger partial charge in [-0.25, -0.2) is 0 Å². The first-order valence-electron chi connectivity index (χ1n) is 7.02. The molecule has 0 aromatic heterocycles. The van der Waals surface area contributed by atoms with Gasteiger partial charge in [0.25, 0.3) is 0 Å². The molecule has 0 spiro atoms. The Morgan fingerprint density at radius 2 is 1.53 bits per heavy atom. The molecule has 0 saturated carbocycles. The summed E-state index contributed by atoms with van der Waals surface area (Å²) in [6.07, 6.45) is 1.43. The molecule has 0 fully saturated rings. The van der Waals surface area contributed by atoms with Crippen LogP contribution in [0.25, 0.3) is 0 Å². The smallest absolute Gasteiger partial charge is 0.123 e. The Balaban J connectivity index is 0. The molecular formula is C16H30O. The van der Waals surface area contributed by atoms with Crippen LogP contribution in [0.3, 0.4) is 0 Å². The molecule has 0 aliphatic carbocycles. The maximum Gasteiger partial charge on any atom is 0.123 e. The summed E-state index contributed by atoms with van der Waals surface area (Å²) >= 11 is 0. The minimum absolute atomic E-state index is 0.367. The Morgan fingerprint density at radius 3 is 2.06 bits per heavy atom. The Bertz CT molecular complexity index is 279. The molecule has 0 bridgehead atoms. The standard InChI is InChI=1S/C10H12O.3C2H6/c1-7-3-4-10-9(5-7)6-8(2)11-10;3*1-2/h3-5,8H,6H2,1-2H3;3*1-2H3. The zero-order valence-electron chi connectivity index (χ0n) is 12.9. The Hall–Kier alpha value is -0.980. The lowest BCUT2D eigenvalue weighted by molar-refractivity contribution is 0.254. The van der Waals surface area contributed by atoms with Crippen molar-refractivity contribution in [2.75, 3.05) is 0 Å². The molecule has 2 rings (SSSR count). The fourth-order valence-corrected chi connectivity index (χ4v) is 1.55. The fraction of sp³-hybridized carbons (Fsp3) is 0.625. The molecule has 1 heterocycles. The normalized spacial score (nSPS) is 14.7. The van der Waals surface area contributed by atoms with E-state index in [0.29, 0.717) is 6.10 Å². The van der Waals surface area contributed by atoms with Crippen LogP contribution in [0.1, 0.15) is 59.6 Å². The number of rotatable bonds is 0. The maximum atomic E-state index is 5.56. The summed E-state index contributed by atoms with van der Waals surface area (Å²) in [5, 5.41) is 0. The van der Waals surface area contributed by atoms with Crippen LogP contribution in [0.5, 0.6) is 5.75 Å². The second-order valence-electron chi connectivity index (χ2n) is 3.24. The molecule has 17 heavy (non-hydrogen) atoms. The van der Waals surface area contributed by atoms with Gasteiger partial charge in [0.15, 0.2) is 0 Å². The van der Waals surface area contributed by atoms with E-state index in [4.69, 9.17) is 4.74 Å². The fourth-order valence-electron chi connectivity index (χ4n) is 1.55. The van der Waals surface area contributed by atoms with Gasteiger partial charge in [-0.05, 0) is 25.5 Å². The summed E-state index contributed by atoms with van der Waals surface area (Å²) in [6, 6.07) is 6.36. The zero-order valence-corrected chi connectivity index (χ0v) is 12.9. The Labute approximate surface area is 108 Å². The summed E-state index contributed by atoms with van der Waals surface area (Å²) in [6.45, 7) is 16.2. The average molecular weight is 238 g/mol. The predicted molar refractivity (Wildman–Crippen MR) is 79.0 cm³/mol. The molecule has 0 saturated heterocycles. The van der Waals surface area contributed by atoms with E-state index in [-0.39, 0.29) is 0 Å². The molecule has 1 aliphatic heterocycles. The van der Waals surface area contributed by atoms with Crippen molar-refractivity contribution in [1.29, 1.82) is 0 Å². The first kappa shape index (κ1) is 18.4. The van der Waals surface area contributed by atoms with E-state index in [1.807, 2.05) is 41.5 Å². The third-order valence-corrected chi connectivity index (χ3v) is 2.05. The molecule has 100 valence electrons. The van der Waals surface area contributed by atoms with Gasteiger partial charge in [-0.1, -0.05) is 59.2 Å². The van der Waals surface area contributed by atoms with Crippen LogP contribution in [0.2, 0.25) is 0 Å². The number of hydrogen-bond donors (Lipinski definition) is 0. The van der Waals surface area contributed by atoms with Crippen LogP contribution < -0.4 is 4.74 Å². The quantitative estimate of drug-likeness (QED) is 0.588. The van der Waals surface area contributed by atoms with Gasteiger partial charge in [0, 0.05) is 6.42 Å². The molecule has 1 aromatic rings. The van der Waals surface area contributed by atoms with E-state index in [1.165, 1.54) is 11.1 Å². The number of hydrogen-bond acceptors (Lipinski definition) is 1. The lowest BCUT2D eigenvalue weighted by atomic mass is 10.1. The summed E-state index contributed by atoms with van der Waals surface area (Å²) in [4.78, 5) is 0. The van der Waals surface area contributed by atoms with E-state index in [9.17, 15) is 0 Å². The first-order chi connectivity index (χ1) is 8.25. The highest BCUT2D eigenvalue weighted by Gasteiger charge is 2.17. The molecule has 1 nitrogen and oxygen atoms in total. The Kier molecular flexibility index (Phi) is 12.4. The predicted octanol–water partition coefficient (Wildman–Crippen LogP) is 5.40. The monoisotopic (exact) mass is 238 g/mol. The second kappa shape index (κ2) is 11.5. The van der Waals surface area contributed by atoms with E-state index in [1.54, 1.807) is 0 Å². The Morgan fingerprint density at radius 1 is 1.00 bits per heavy atom. The summed E-state index contributed by atoms with van der Waals surface area (Å²) in [5.41, 5.74) is 2.68. The van der Waals surface area contributed by atoms with E-state index < -0.39 is 0 Å². The molecule has 0 radical (unpaired) electrons. The third-order valence-electron chi connectivity index (χ3n) is 2.05. The minimum atomic E-state index is 0.367. The summed E-state index contributed by atoms with van der Waals surface area (Å²) in [7, 11) is 0. The van der Waals surface area contributed by atoms with Crippen molar-refractivity contribution in [3.05, 3.63) is 29.3 Å². The molecular weight excluding hydrogens is 208 g/mol. The number of fused-ring (bicyclic) bond motifs is 1. The zero-order chi connectivity index (χ0) is 13.8. The minimum Gasteiger partial charge on any atom is -0.490 e. The van der Waals surface area contributed by atoms with Gasteiger partial charge in [0.1, 0.15) is 11.9 Å². The largest absolute Gasteiger partial charge is 0.490 e. The van der Waals surface area contributed by atoms with Crippen LogP contribution in [-0.2, 0) is 6.42 Å². The topological polar surface area (TPSA) is 9.23 Å². The van der Waals surface area contributed by atoms with Crippen molar-refractivity contribution in [3.8, 4) is 5.75 Å². The lowest BCUT2D eigenvalue weighted by Gasteiger charge is -2.01. The highest BCUT2D eigenvalue weighted by molar-refractivity contribution is 5.40. The summed E-state index contributed by atoms with van der Waals surface area (Å²) < 4.78 is 5.56. The maximum absolute atomic E-state index is 5.56. The van der Waals surface area contributed by atoms with Crippen LogP contribution >= 0.6 is 0 Å². The van der Waals surface area contributed by atoms with Crippen molar-refractivity contribution in [2.24, 2.45) is 0 Å². The van der Waals surface area contributed by atoms with Crippen LogP contribution in [0.15, 0.2) is 18.2 Å². The molecule has 1 unspecified atom stereocenters. The highest BCUT2D eigenvalue weighted by Crippen LogP contribution is 2.28. The second-order valence-corrected chi connectivity index (χ2v) is 3.24. The van der Waals surface area contributed by atoms with E-state index in [2.05, 4.69) is 32.0 Å². The van der Waals surface area contributed by atoms with E-state index in [0.717, 1.165) is 12.2 Å². The van der Waals surface area contributed by atoms with Gasteiger partial charge in [-0.15, -0.1) is 0 Å². The van der Waals surface area contributed by atoms with E-state index >= 15 is 0 Å². The third kappa shape index (κ3) is 6.35. The number of benzene rings is 1. The van der Waals surface area contributed by atoms with Crippen molar-refractivity contribution in [3.63, 3.8) is 0 Å². The molecule has 0 N–H and O–H groups in total. The van der Waals surface area contributed by atoms with Gasteiger partial charge < -0.3 is 4.74 Å². The van der Waals surface area contributed by atoms with Crippen molar-refractivity contribution < 1.29 is 4.74 Å². The molecule has 1 aliphatic rings. The van der Waals surface area contributed by atoms with Crippen LogP contribution in [0, 0.1) is 6.92 Å². The number of ether oxygens (including phenoxy) is 1. The molecule has 1 atom stereocenters. The SMILES string of the molecule is CC.CC.CC.Cc1ccc2c(c1)CC(C)O2. The van der Waals surface area contributed by atoms with Gasteiger partial charge in [-0.3, -0.25) is 0 Å². The van der Waals surface area contributed by atoms with Crippen molar-refractivity contribution >= 4 is 0 Å². The molecule has 1 aromatic carbocycles. The summed E-state index contributed by atoms with van der Waals surface area (Å²) in [5.74, 6) is 1.07. The van der Waals surface area contributed by atoms with Crippen molar-refractivity contribution in [2.45, 2.75) is 67.9 Å².